The summed E-state index contributed by atoms with van der Waals surface area (Å²) in [4.78, 5) is 0. The molecule has 0 bridgehead atoms. The van der Waals surface area contributed by atoms with Crippen LogP contribution in [0.2, 0.25) is 0 Å². The number of nitrogens with one attached hydrogen (secondary N) is 1. The molecule has 0 fully saturated rings. The van der Waals surface area contributed by atoms with E-state index >= 15 is 0 Å². The van der Waals surface area contributed by atoms with Crippen LogP contribution >= 0.6 is 7.26 Å². The average molecular weight is 425 g/mol. The molecule has 132 valence electrons. The van der Waals surface area contributed by atoms with E-state index in [0.29, 0.717) is 6.04 Å². The lowest BCUT2D eigenvalue weighted by Gasteiger charge is -2.26. The third-order valence-electron chi connectivity index (χ3n) is 4.72. The van der Waals surface area contributed by atoms with Gasteiger partial charge in [0, 0.05) is 6.42 Å². The zero-order valence-corrected chi connectivity index (χ0v) is 17.2. The molecular weight excluding hydrogens is 403 g/mol. The Bertz CT molecular complexity index is 770. The smallest absolute Gasteiger partial charge is 0.194 e. The molecule has 26 heavy (non-hydrogen) atoms. The SMILES string of the molecule is CC1CC([P+](c2ccccc2)(c2ccccc2)c2ccccc2)=NN1.[Br-]. The van der Waals surface area contributed by atoms with E-state index in [-0.39, 0.29) is 17.0 Å². The summed E-state index contributed by atoms with van der Waals surface area (Å²) in [6.07, 6.45) is 0.979. The van der Waals surface area contributed by atoms with Crippen LogP contribution in [0.15, 0.2) is 96.1 Å². The van der Waals surface area contributed by atoms with Crippen molar-refractivity contribution in [2.75, 3.05) is 0 Å². The van der Waals surface area contributed by atoms with Crippen LogP contribution in [0.25, 0.3) is 0 Å². The minimum absolute atomic E-state index is 0. The van der Waals surface area contributed by atoms with E-state index in [1.165, 1.54) is 21.4 Å². The van der Waals surface area contributed by atoms with Crippen molar-refractivity contribution in [3.05, 3.63) is 91.0 Å². The molecule has 3 aromatic rings. The van der Waals surface area contributed by atoms with Crippen LogP contribution in [0.5, 0.6) is 0 Å². The van der Waals surface area contributed by atoms with Crippen LogP contribution in [0.1, 0.15) is 13.3 Å². The van der Waals surface area contributed by atoms with Crippen LogP contribution in [0.3, 0.4) is 0 Å². The molecule has 1 atom stereocenters. The first kappa shape index (κ1) is 18.8. The molecule has 0 spiro atoms. The van der Waals surface area contributed by atoms with E-state index < -0.39 is 7.26 Å². The highest BCUT2D eigenvalue weighted by atomic mass is 79.9. The Morgan fingerprint density at radius 2 is 1.12 bits per heavy atom. The lowest BCUT2D eigenvalue weighted by Crippen LogP contribution is -3.00. The first-order chi connectivity index (χ1) is 12.3. The molecule has 1 aliphatic heterocycles. The van der Waals surface area contributed by atoms with Crippen LogP contribution < -0.4 is 38.3 Å². The zero-order valence-electron chi connectivity index (χ0n) is 14.7. The molecule has 0 amide bonds. The van der Waals surface area contributed by atoms with E-state index in [1.54, 1.807) is 0 Å². The minimum Gasteiger partial charge on any atom is -1.00 e. The number of hydrogen-bond acceptors (Lipinski definition) is 2. The molecule has 4 rings (SSSR count). The van der Waals surface area contributed by atoms with Crippen molar-refractivity contribution in [3.63, 3.8) is 0 Å². The topological polar surface area (TPSA) is 24.4 Å². The van der Waals surface area contributed by atoms with Crippen molar-refractivity contribution in [1.29, 1.82) is 0 Å². The average Bonchev–Trinajstić information content (AvgIpc) is 3.12. The van der Waals surface area contributed by atoms with E-state index in [0.717, 1.165) is 6.42 Å². The second-order valence-electron chi connectivity index (χ2n) is 6.44. The van der Waals surface area contributed by atoms with E-state index in [1.807, 2.05) is 0 Å². The van der Waals surface area contributed by atoms with Gasteiger partial charge in [0.2, 0.25) is 0 Å². The minimum atomic E-state index is -1.95. The van der Waals surface area contributed by atoms with Crippen molar-refractivity contribution in [2.45, 2.75) is 19.4 Å². The number of halogens is 1. The van der Waals surface area contributed by atoms with Gasteiger partial charge in [-0.25, -0.2) is 0 Å². The van der Waals surface area contributed by atoms with Gasteiger partial charge in [-0.3, -0.25) is 0 Å². The molecule has 1 N–H and O–H groups in total. The molecule has 0 saturated carbocycles. The molecule has 0 radical (unpaired) electrons. The van der Waals surface area contributed by atoms with Gasteiger partial charge in [0.1, 0.15) is 15.9 Å². The molecule has 3 aromatic carbocycles. The third-order valence-corrected chi connectivity index (χ3v) is 9.00. The second-order valence-corrected chi connectivity index (χ2v) is 9.85. The highest BCUT2D eigenvalue weighted by Gasteiger charge is 2.52. The van der Waals surface area contributed by atoms with Gasteiger partial charge in [-0.15, -0.1) is 5.10 Å². The highest BCUT2D eigenvalue weighted by Crippen LogP contribution is 2.58. The van der Waals surface area contributed by atoms with Gasteiger partial charge in [0.15, 0.2) is 12.7 Å². The van der Waals surface area contributed by atoms with Gasteiger partial charge in [0.05, 0.1) is 6.04 Å². The molecule has 0 aliphatic carbocycles. The van der Waals surface area contributed by atoms with Crippen molar-refractivity contribution in [2.24, 2.45) is 5.10 Å². The molecule has 1 unspecified atom stereocenters. The Hall–Kier alpha value is -1.96. The molecular formula is C22H22BrN2P. The first-order valence-electron chi connectivity index (χ1n) is 8.70. The maximum atomic E-state index is 4.83. The summed E-state index contributed by atoms with van der Waals surface area (Å²) in [6, 6.07) is 33.1. The predicted molar refractivity (Wildman–Crippen MR) is 110 cm³/mol. The molecule has 2 nitrogen and oxygen atoms in total. The fourth-order valence-electron chi connectivity index (χ4n) is 3.61. The van der Waals surface area contributed by atoms with Gasteiger partial charge >= 0.3 is 0 Å². The van der Waals surface area contributed by atoms with Crippen molar-refractivity contribution in [3.8, 4) is 0 Å². The second kappa shape index (κ2) is 8.16. The van der Waals surface area contributed by atoms with Crippen LogP contribution in [0, 0.1) is 0 Å². The lowest BCUT2D eigenvalue weighted by molar-refractivity contribution is -0.00000501. The van der Waals surface area contributed by atoms with Crippen molar-refractivity contribution >= 4 is 28.6 Å². The summed E-state index contributed by atoms with van der Waals surface area (Å²) >= 11 is 0. The van der Waals surface area contributed by atoms with Gasteiger partial charge in [-0.05, 0) is 43.3 Å². The number of nitrogens with zero attached hydrogens (tertiary/aromatic N) is 1. The molecule has 1 aliphatic rings. The monoisotopic (exact) mass is 424 g/mol. The third kappa shape index (κ3) is 3.22. The summed E-state index contributed by atoms with van der Waals surface area (Å²) in [6.45, 7) is 2.20. The summed E-state index contributed by atoms with van der Waals surface area (Å²) in [5, 5.41) is 8.92. The predicted octanol–water partition coefficient (Wildman–Crippen LogP) is 0.680. The standard InChI is InChI=1S/C22H22N2P.BrH/c1-18-17-22(24-23-18)25(19-11-5-2-6-12-19,20-13-7-3-8-14-20)21-15-9-4-10-16-21;/h2-16,18,23H,17H2,1H3;1H/q+1;/p-1. The highest BCUT2D eigenvalue weighted by molar-refractivity contribution is 8.08. The van der Waals surface area contributed by atoms with E-state index in [2.05, 4.69) is 103 Å². The number of benzene rings is 3. The lowest BCUT2D eigenvalue weighted by atomic mass is 10.3. The Morgan fingerprint density at radius 1 is 0.731 bits per heavy atom. The Balaban J connectivity index is 0.00000196. The molecule has 1 heterocycles. The van der Waals surface area contributed by atoms with Gasteiger partial charge in [-0.1, -0.05) is 54.6 Å². The van der Waals surface area contributed by atoms with Gasteiger partial charge < -0.3 is 22.4 Å². The Labute approximate surface area is 166 Å². The Morgan fingerprint density at radius 3 is 1.42 bits per heavy atom. The molecule has 0 saturated heterocycles. The van der Waals surface area contributed by atoms with E-state index in [4.69, 9.17) is 5.10 Å². The Kier molecular flexibility index (Phi) is 5.90. The fraction of sp³-hybridized carbons (Fsp3) is 0.136. The summed E-state index contributed by atoms with van der Waals surface area (Å²) < 4.78 is 0. The summed E-state index contributed by atoms with van der Waals surface area (Å²) in [5.41, 5.74) is 4.58. The van der Waals surface area contributed by atoms with Crippen molar-refractivity contribution < 1.29 is 17.0 Å². The summed E-state index contributed by atoms with van der Waals surface area (Å²) in [7, 11) is -1.95. The zero-order chi connectivity index (χ0) is 17.1. The largest absolute Gasteiger partial charge is 1.00 e. The quantitative estimate of drug-likeness (QED) is 0.612. The maximum absolute atomic E-state index is 4.83. The van der Waals surface area contributed by atoms with Crippen LogP contribution in [-0.4, -0.2) is 11.5 Å². The summed E-state index contributed by atoms with van der Waals surface area (Å²) in [5.74, 6) is 0. The van der Waals surface area contributed by atoms with Gasteiger partial charge in [-0.2, -0.15) is 0 Å². The van der Waals surface area contributed by atoms with Gasteiger partial charge in [0.25, 0.3) is 0 Å². The maximum Gasteiger partial charge on any atom is 0.194 e. The number of rotatable bonds is 4. The van der Waals surface area contributed by atoms with Crippen LogP contribution in [-0.2, 0) is 0 Å². The number of hydrazone groups is 1. The first-order valence-corrected chi connectivity index (χ1v) is 10.5. The van der Waals surface area contributed by atoms with Crippen molar-refractivity contribution in [1.82, 2.24) is 5.43 Å². The normalized spacial score (nSPS) is 16.3. The molecule has 0 aromatic heterocycles. The molecule has 4 heteroatoms. The van der Waals surface area contributed by atoms with Crippen LogP contribution in [0.4, 0.5) is 0 Å². The fourth-order valence-corrected chi connectivity index (χ4v) is 8.01. The number of hydrogen-bond donors (Lipinski definition) is 1. The van der Waals surface area contributed by atoms with E-state index in [9.17, 15) is 0 Å².